The van der Waals surface area contributed by atoms with Gasteiger partial charge in [0.2, 0.25) is 17.7 Å². The Hall–Kier alpha value is -2.87. The van der Waals surface area contributed by atoms with Crippen LogP contribution in [0.4, 0.5) is 0 Å². The maximum absolute atomic E-state index is 12.8. The first-order valence-corrected chi connectivity index (χ1v) is 11.4. The second kappa shape index (κ2) is 14.3. The van der Waals surface area contributed by atoms with E-state index in [0.29, 0.717) is 11.3 Å². The number of benzene rings is 1. The quantitative estimate of drug-likeness (QED) is 0.139. The predicted molar refractivity (Wildman–Crippen MR) is 120 cm³/mol. The van der Waals surface area contributed by atoms with Crippen molar-refractivity contribution >= 4 is 35.5 Å². The predicted octanol–water partition coefficient (Wildman–Crippen LogP) is -2.46. The number of rotatable bonds is 14. The summed E-state index contributed by atoms with van der Waals surface area (Å²) in [7, 11) is 0. The molecule has 12 nitrogen and oxygen atoms in total. The topological polar surface area (TPSA) is 211 Å². The van der Waals surface area contributed by atoms with E-state index in [2.05, 4.69) is 16.0 Å². The maximum atomic E-state index is 12.8. The zero-order chi connectivity index (χ0) is 25.0. The molecule has 0 fully saturated rings. The highest BCUT2D eigenvalue weighted by Gasteiger charge is 2.30. The van der Waals surface area contributed by atoms with Gasteiger partial charge in [0, 0.05) is 6.42 Å². The van der Waals surface area contributed by atoms with Crippen molar-refractivity contribution < 1.29 is 39.6 Å². The normalized spacial score (nSPS) is 14.4. The van der Waals surface area contributed by atoms with Gasteiger partial charge >= 0.3 is 5.97 Å². The number of nitrogens with two attached hydrogens (primary N) is 1. The summed E-state index contributed by atoms with van der Waals surface area (Å²) in [6.45, 7) is -1.45. The van der Waals surface area contributed by atoms with E-state index < -0.39 is 61.1 Å². The van der Waals surface area contributed by atoms with Gasteiger partial charge in [0.05, 0.1) is 13.2 Å². The van der Waals surface area contributed by atoms with Crippen LogP contribution < -0.4 is 21.7 Å². The average Bonchev–Trinajstić information content (AvgIpc) is 2.79. The summed E-state index contributed by atoms with van der Waals surface area (Å²) in [5.41, 5.74) is 5.94. The number of hydrogen-bond acceptors (Lipinski definition) is 9. The Balaban J connectivity index is 2.89. The van der Waals surface area contributed by atoms with Crippen molar-refractivity contribution in [2.75, 3.05) is 25.2 Å². The fourth-order valence-corrected chi connectivity index (χ4v) is 3.14. The Morgan fingerprint density at radius 3 is 1.97 bits per heavy atom. The molecule has 13 heteroatoms. The van der Waals surface area contributed by atoms with E-state index in [-0.39, 0.29) is 18.6 Å². The lowest BCUT2D eigenvalue weighted by molar-refractivity contribution is -0.142. The molecule has 4 unspecified atom stereocenters. The van der Waals surface area contributed by atoms with E-state index in [0.717, 1.165) is 0 Å². The van der Waals surface area contributed by atoms with Gasteiger partial charge in [-0.15, -0.1) is 0 Å². The molecule has 0 heterocycles. The minimum absolute atomic E-state index is 0.0139. The van der Waals surface area contributed by atoms with Crippen molar-refractivity contribution in [3.63, 3.8) is 0 Å². The largest absolute Gasteiger partial charge is 0.508 e. The van der Waals surface area contributed by atoms with Gasteiger partial charge in [-0.2, -0.15) is 11.8 Å². The summed E-state index contributed by atoms with van der Waals surface area (Å²) in [5, 5.41) is 44.2. The summed E-state index contributed by atoms with van der Waals surface area (Å²) in [6, 6.07) is 0.681. The Morgan fingerprint density at radius 2 is 1.45 bits per heavy atom. The summed E-state index contributed by atoms with van der Waals surface area (Å²) >= 11 is 1.40. The molecule has 0 saturated carbocycles. The molecule has 0 aliphatic heterocycles. The molecule has 184 valence electrons. The molecule has 1 rings (SSSR count). The number of carboxylic acid groups (broad SMARTS) is 1. The SMILES string of the molecule is CSCCC(NC(=O)C(CO)NC(=O)C(N)CO)C(=O)NC(Cc1ccc(O)cc1)C(=O)O. The lowest BCUT2D eigenvalue weighted by Crippen LogP contribution is -2.58. The van der Waals surface area contributed by atoms with Crippen molar-refractivity contribution in [3.8, 4) is 5.75 Å². The molecule has 0 aromatic heterocycles. The monoisotopic (exact) mass is 486 g/mol. The van der Waals surface area contributed by atoms with Crippen LogP contribution in [0.2, 0.25) is 0 Å². The number of nitrogens with one attached hydrogen (secondary N) is 3. The van der Waals surface area contributed by atoms with Crippen LogP contribution in [-0.4, -0.2) is 93.5 Å². The van der Waals surface area contributed by atoms with Crippen LogP contribution in [-0.2, 0) is 25.6 Å². The van der Waals surface area contributed by atoms with E-state index in [4.69, 9.17) is 10.8 Å². The number of phenols is 1. The van der Waals surface area contributed by atoms with Crippen LogP contribution in [0, 0.1) is 0 Å². The Bertz CT molecular complexity index is 808. The fourth-order valence-electron chi connectivity index (χ4n) is 2.67. The van der Waals surface area contributed by atoms with Gasteiger partial charge in [-0.25, -0.2) is 4.79 Å². The number of aliphatic hydroxyl groups is 2. The molecule has 1 aromatic carbocycles. The molecule has 0 spiro atoms. The first kappa shape index (κ1) is 28.2. The van der Waals surface area contributed by atoms with Crippen LogP contribution in [0.1, 0.15) is 12.0 Å². The van der Waals surface area contributed by atoms with Crippen molar-refractivity contribution in [2.24, 2.45) is 5.73 Å². The van der Waals surface area contributed by atoms with Gasteiger partial charge in [-0.05, 0) is 36.1 Å². The number of hydrogen-bond donors (Lipinski definition) is 8. The third kappa shape index (κ3) is 9.65. The third-order valence-electron chi connectivity index (χ3n) is 4.58. The molecular formula is C20H30N4O8S. The van der Waals surface area contributed by atoms with E-state index >= 15 is 0 Å². The summed E-state index contributed by atoms with van der Waals surface area (Å²) in [6.07, 6.45) is 1.89. The second-order valence-electron chi connectivity index (χ2n) is 7.15. The van der Waals surface area contributed by atoms with Gasteiger partial charge in [0.15, 0.2) is 0 Å². The molecule has 0 aliphatic carbocycles. The Morgan fingerprint density at radius 1 is 0.909 bits per heavy atom. The first-order valence-electron chi connectivity index (χ1n) is 10.0. The number of aliphatic hydroxyl groups excluding tert-OH is 2. The van der Waals surface area contributed by atoms with Crippen LogP contribution >= 0.6 is 11.8 Å². The molecule has 4 atom stereocenters. The fraction of sp³-hybridized carbons (Fsp3) is 0.500. The third-order valence-corrected chi connectivity index (χ3v) is 5.23. The molecule has 9 N–H and O–H groups in total. The smallest absolute Gasteiger partial charge is 0.326 e. The highest BCUT2D eigenvalue weighted by Crippen LogP contribution is 2.12. The van der Waals surface area contributed by atoms with Crippen LogP contribution in [0.15, 0.2) is 24.3 Å². The number of thioether (sulfide) groups is 1. The van der Waals surface area contributed by atoms with E-state index in [9.17, 15) is 34.5 Å². The zero-order valence-electron chi connectivity index (χ0n) is 18.1. The van der Waals surface area contributed by atoms with Gasteiger partial charge in [0.1, 0.15) is 29.9 Å². The molecule has 0 aliphatic rings. The number of carboxylic acids is 1. The van der Waals surface area contributed by atoms with Crippen molar-refractivity contribution in [3.05, 3.63) is 29.8 Å². The maximum Gasteiger partial charge on any atom is 0.326 e. The second-order valence-corrected chi connectivity index (χ2v) is 8.13. The highest BCUT2D eigenvalue weighted by molar-refractivity contribution is 7.98. The molecule has 0 saturated heterocycles. The zero-order valence-corrected chi connectivity index (χ0v) is 18.9. The van der Waals surface area contributed by atoms with Crippen molar-refractivity contribution in [1.29, 1.82) is 0 Å². The van der Waals surface area contributed by atoms with Crippen LogP contribution in [0.5, 0.6) is 5.75 Å². The Labute approximate surface area is 194 Å². The lowest BCUT2D eigenvalue weighted by Gasteiger charge is -2.24. The molecule has 3 amide bonds. The molecule has 0 bridgehead atoms. The number of carbonyl (C=O) groups excluding carboxylic acids is 3. The number of aromatic hydroxyl groups is 1. The summed E-state index contributed by atoms with van der Waals surface area (Å²) < 4.78 is 0. The minimum atomic E-state index is -1.42. The van der Waals surface area contributed by atoms with Gasteiger partial charge < -0.3 is 42.1 Å². The number of aliphatic carboxylic acids is 1. The van der Waals surface area contributed by atoms with Gasteiger partial charge in [-0.3, -0.25) is 14.4 Å². The van der Waals surface area contributed by atoms with Crippen LogP contribution in [0.25, 0.3) is 0 Å². The van der Waals surface area contributed by atoms with E-state index in [1.807, 2.05) is 0 Å². The molecule has 0 radical (unpaired) electrons. The van der Waals surface area contributed by atoms with E-state index in [1.54, 1.807) is 6.26 Å². The molecule has 1 aromatic rings. The van der Waals surface area contributed by atoms with Gasteiger partial charge in [0.25, 0.3) is 0 Å². The van der Waals surface area contributed by atoms with E-state index in [1.165, 1.54) is 36.0 Å². The van der Waals surface area contributed by atoms with Crippen LogP contribution in [0.3, 0.4) is 0 Å². The minimum Gasteiger partial charge on any atom is -0.508 e. The number of phenolic OH excluding ortho intramolecular Hbond substituents is 1. The summed E-state index contributed by atoms with van der Waals surface area (Å²) in [4.78, 5) is 48.8. The molecular weight excluding hydrogens is 456 g/mol. The Kier molecular flexibility index (Phi) is 12.2. The standard InChI is InChI=1S/C20H30N4O8S/c1-33-7-6-14(22-19(30)16(10-26)24-17(28)13(21)9-25)18(29)23-15(20(31)32)8-11-2-4-12(27)5-3-11/h2-5,13-16,25-27H,6-10,21H2,1H3,(H,22,30)(H,23,29)(H,24,28)(H,31,32). The van der Waals surface area contributed by atoms with Crippen molar-refractivity contribution in [1.82, 2.24) is 16.0 Å². The van der Waals surface area contributed by atoms with Crippen molar-refractivity contribution in [2.45, 2.75) is 37.0 Å². The summed E-state index contributed by atoms with van der Waals surface area (Å²) in [5.74, 6) is -3.30. The lowest BCUT2D eigenvalue weighted by atomic mass is 10.0. The number of amides is 3. The molecule has 33 heavy (non-hydrogen) atoms. The highest BCUT2D eigenvalue weighted by atomic mass is 32.2. The first-order chi connectivity index (χ1) is 15.6. The number of carbonyl (C=O) groups is 4. The van der Waals surface area contributed by atoms with Gasteiger partial charge in [-0.1, -0.05) is 12.1 Å². The average molecular weight is 487 g/mol.